The third-order valence-corrected chi connectivity index (χ3v) is 2.47. The smallest absolute Gasteiger partial charge is 0.305 e. The summed E-state index contributed by atoms with van der Waals surface area (Å²) >= 11 is 0. The van der Waals surface area contributed by atoms with Crippen LogP contribution in [0.4, 0.5) is 0 Å². The number of carbonyl (C=O) groups is 2. The van der Waals surface area contributed by atoms with Crippen molar-refractivity contribution in [1.29, 1.82) is 0 Å². The van der Waals surface area contributed by atoms with Gasteiger partial charge >= 0.3 is 11.9 Å². The van der Waals surface area contributed by atoms with Gasteiger partial charge < -0.3 is 18.9 Å². The van der Waals surface area contributed by atoms with E-state index in [4.69, 9.17) is 18.9 Å². The van der Waals surface area contributed by atoms with E-state index in [1.165, 1.54) is 13.8 Å². The molecule has 0 N–H and O–H groups in total. The van der Waals surface area contributed by atoms with Crippen LogP contribution in [0.15, 0.2) is 12.2 Å². The normalized spacial score (nSPS) is 25.6. The molecule has 0 amide bonds. The molecule has 1 heterocycles. The molecule has 0 fully saturated rings. The van der Waals surface area contributed by atoms with E-state index in [0.29, 0.717) is 18.9 Å². The molecule has 114 valence electrons. The molecule has 0 aliphatic carbocycles. The Bertz CT molecular complexity index is 376. The van der Waals surface area contributed by atoms with Crippen molar-refractivity contribution in [2.45, 2.75) is 46.2 Å². The lowest BCUT2D eigenvalue weighted by molar-refractivity contribution is -0.301. The van der Waals surface area contributed by atoms with Gasteiger partial charge in [-0.1, -0.05) is 19.9 Å². The Morgan fingerprint density at radius 2 is 2.05 bits per heavy atom. The topological polar surface area (TPSA) is 71.1 Å². The van der Waals surface area contributed by atoms with Crippen LogP contribution in [0.5, 0.6) is 0 Å². The molecule has 1 aliphatic rings. The van der Waals surface area contributed by atoms with Crippen LogP contribution in [0, 0.1) is 5.92 Å². The molecule has 1 aliphatic heterocycles. The van der Waals surface area contributed by atoms with Gasteiger partial charge in [0.2, 0.25) is 0 Å². The first-order chi connectivity index (χ1) is 9.33. The van der Waals surface area contributed by atoms with Crippen LogP contribution in [0.25, 0.3) is 0 Å². The van der Waals surface area contributed by atoms with Crippen LogP contribution in [0.3, 0.4) is 0 Å². The van der Waals surface area contributed by atoms with E-state index in [0.717, 1.165) is 0 Å². The summed E-state index contributed by atoms with van der Waals surface area (Å²) in [4.78, 5) is 22.2. The second-order valence-electron chi connectivity index (χ2n) is 5.13. The van der Waals surface area contributed by atoms with Crippen molar-refractivity contribution in [1.82, 2.24) is 0 Å². The molecule has 0 unspecified atom stereocenters. The lowest BCUT2D eigenvalue weighted by Crippen LogP contribution is -2.47. The number of hydrogen-bond donors (Lipinski definition) is 0. The van der Waals surface area contributed by atoms with E-state index >= 15 is 0 Å². The summed E-state index contributed by atoms with van der Waals surface area (Å²) < 4.78 is 21.3. The number of hydrogen-bond acceptors (Lipinski definition) is 6. The van der Waals surface area contributed by atoms with Crippen LogP contribution in [-0.4, -0.2) is 37.2 Å². The summed E-state index contributed by atoms with van der Waals surface area (Å²) in [6.45, 7) is 6.95. The van der Waals surface area contributed by atoms with Gasteiger partial charge in [-0.25, -0.2) is 0 Å². The van der Waals surface area contributed by atoms with E-state index in [1.807, 2.05) is 13.8 Å². The molecule has 0 aromatic heterocycles. The highest BCUT2D eigenvalue weighted by molar-refractivity contribution is 5.67. The Kier molecular flexibility index (Phi) is 6.16. The van der Waals surface area contributed by atoms with Crippen LogP contribution >= 0.6 is 0 Å². The Balaban J connectivity index is 2.70. The Hall–Kier alpha value is -1.40. The fourth-order valence-electron chi connectivity index (χ4n) is 1.70. The molecule has 0 saturated heterocycles. The summed E-state index contributed by atoms with van der Waals surface area (Å²) in [6, 6.07) is 0. The zero-order chi connectivity index (χ0) is 15.2. The van der Waals surface area contributed by atoms with Crippen molar-refractivity contribution >= 4 is 11.9 Å². The SMILES string of the molecule is CC(=O)OC[C@]1(OC(C)=O)CC=C[C@@H](OCC(C)C)O1. The largest absolute Gasteiger partial charge is 0.459 e. The van der Waals surface area contributed by atoms with Crippen LogP contribution < -0.4 is 0 Å². The first-order valence-corrected chi connectivity index (χ1v) is 6.62. The summed E-state index contributed by atoms with van der Waals surface area (Å²) in [5.74, 6) is -1.93. The monoisotopic (exact) mass is 286 g/mol. The average molecular weight is 286 g/mol. The molecule has 1 rings (SSSR count). The molecule has 6 heteroatoms. The Labute approximate surface area is 119 Å². The highest BCUT2D eigenvalue weighted by Gasteiger charge is 2.40. The highest BCUT2D eigenvalue weighted by Crippen LogP contribution is 2.27. The minimum Gasteiger partial charge on any atom is -0.459 e. The standard InChI is InChI=1S/C14H22O6/c1-10(2)8-17-13-6-5-7-14(20-13,19-12(4)16)9-18-11(3)15/h5-6,10,13H,7-9H2,1-4H3/t13-,14-/m0/s1. The zero-order valence-electron chi connectivity index (χ0n) is 12.4. The van der Waals surface area contributed by atoms with Gasteiger partial charge in [0.05, 0.1) is 6.61 Å². The van der Waals surface area contributed by atoms with Crippen molar-refractivity contribution in [3.8, 4) is 0 Å². The summed E-state index contributed by atoms with van der Waals surface area (Å²) in [6.07, 6.45) is 3.22. The van der Waals surface area contributed by atoms with Crippen molar-refractivity contribution < 1.29 is 28.5 Å². The van der Waals surface area contributed by atoms with Crippen LogP contribution in [0.1, 0.15) is 34.1 Å². The maximum Gasteiger partial charge on any atom is 0.305 e. The van der Waals surface area contributed by atoms with Crippen LogP contribution in [-0.2, 0) is 28.5 Å². The Morgan fingerprint density at radius 3 is 2.60 bits per heavy atom. The molecule has 0 aromatic carbocycles. The number of esters is 2. The van der Waals surface area contributed by atoms with Gasteiger partial charge in [-0.05, 0) is 12.0 Å². The van der Waals surface area contributed by atoms with Gasteiger partial charge in [0.1, 0.15) is 0 Å². The number of ether oxygens (including phenoxy) is 4. The molecule has 2 atom stereocenters. The van der Waals surface area contributed by atoms with Crippen molar-refractivity contribution in [3.05, 3.63) is 12.2 Å². The second kappa shape index (κ2) is 7.40. The first-order valence-electron chi connectivity index (χ1n) is 6.62. The molecule has 6 nitrogen and oxygen atoms in total. The van der Waals surface area contributed by atoms with Crippen molar-refractivity contribution in [2.24, 2.45) is 5.92 Å². The fraction of sp³-hybridized carbons (Fsp3) is 0.714. The molecule has 0 aromatic rings. The molecule has 0 spiro atoms. The van der Waals surface area contributed by atoms with Crippen molar-refractivity contribution in [2.75, 3.05) is 13.2 Å². The van der Waals surface area contributed by atoms with Gasteiger partial charge in [0.25, 0.3) is 5.79 Å². The molecule has 0 radical (unpaired) electrons. The molecular weight excluding hydrogens is 264 g/mol. The molecule has 0 saturated carbocycles. The third kappa shape index (κ3) is 5.71. The Morgan fingerprint density at radius 1 is 1.35 bits per heavy atom. The molecule has 20 heavy (non-hydrogen) atoms. The van der Waals surface area contributed by atoms with Gasteiger partial charge in [-0.3, -0.25) is 9.59 Å². The van der Waals surface area contributed by atoms with Gasteiger partial charge in [-0.2, -0.15) is 0 Å². The maximum atomic E-state index is 11.2. The lowest BCUT2D eigenvalue weighted by atomic mass is 10.1. The van der Waals surface area contributed by atoms with E-state index in [2.05, 4.69) is 0 Å². The van der Waals surface area contributed by atoms with Gasteiger partial charge in [-0.15, -0.1) is 0 Å². The quantitative estimate of drug-likeness (QED) is 0.547. The summed E-state index contributed by atoms with van der Waals surface area (Å²) in [5, 5.41) is 0. The fourth-order valence-corrected chi connectivity index (χ4v) is 1.70. The maximum absolute atomic E-state index is 11.2. The van der Waals surface area contributed by atoms with E-state index in [1.54, 1.807) is 12.2 Å². The minimum atomic E-state index is -1.31. The predicted octanol–water partition coefficient (Wildman–Crippen LogP) is 1.78. The molecule has 0 bridgehead atoms. The highest BCUT2D eigenvalue weighted by atomic mass is 16.8. The van der Waals surface area contributed by atoms with Crippen LogP contribution in [0.2, 0.25) is 0 Å². The van der Waals surface area contributed by atoms with Crippen molar-refractivity contribution in [3.63, 3.8) is 0 Å². The van der Waals surface area contributed by atoms with E-state index in [9.17, 15) is 9.59 Å². The lowest BCUT2D eigenvalue weighted by Gasteiger charge is -2.36. The number of carbonyl (C=O) groups excluding carboxylic acids is 2. The average Bonchev–Trinajstić information content (AvgIpc) is 2.34. The predicted molar refractivity (Wildman–Crippen MR) is 70.6 cm³/mol. The first kappa shape index (κ1) is 16.7. The number of rotatable bonds is 6. The van der Waals surface area contributed by atoms with Gasteiger partial charge in [0.15, 0.2) is 12.9 Å². The summed E-state index contributed by atoms with van der Waals surface area (Å²) in [5.41, 5.74) is 0. The zero-order valence-corrected chi connectivity index (χ0v) is 12.4. The third-order valence-electron chi connectivity index (χ3n) is 2.47. The summed E-state index contributed by atoms with van der Waals surface area (Å²) in [7, 11) is 0. The molecular formula is C14H22O6. The van der Waals surface area contributed by atoms with E-state index < -0.39 is 24.0 Å². The minimum absolute atomic E-state index is 0.159. The van der Waals surface area contributed by atoms with E-state index in [-0.39, 0.29) is 6.61 Å². The second-order valence-corrected chi connectivity index (χ2v) is 5.13. The van der Waals surface area contributed by atoms with Gasteiger partial charge in [0, 0.05) is 20.3 Å².